The lowest BCUT2D eigenvalue weighted by atomic mass is 9.95. The van der Waals surface area contributed by atoms with E-state index in [1.54, 1.807) is 0 Å². The van der Waals surface area contributed by atoms with Gasteiger partial charge < -0.3 is 15.2 Å². The summed E-state index contributed by atoms with van der Waals surface area (Å²) in [5.74, 6) is 2.14. The van der Waals surface area contributed by atoms with E-state index in [1.165, 1.54) is 64.2 Å². The van der Waals surface area contributed by atoms with E-state index in [2.05, 4.69) is 26.8 Å². The number of nitrogens with zero attached hydrogens (tertiary/aromatic N) is 3. The van der Waals surface area contributed by atoms with Crippen LogP contribution in [-0.4, -0.2) is 27.2 Å². The summed E-state index contributed by atoms with van der Waals surface area (Å²) in [7, 11) is 0. The van der Waals surface area contributed by atoms with Gasteiger partial charge in [0.25, 0.3) is 5.89 Å². The van der Waals surface area contributed by atoms with Crippen molar-refractivity contribution in [1.29, 1.82) is 0 Å². The highest BCUT2D eigenvalue weighted by molar-refractivity contribution is 5.71. The minimum Gasteiger partial charge on any atom is -0.379 e. The van der Waals surface area contributed by atoms with Crippen molar-refractivity contribution >= 4 is 11.5 Å². The highest BCUT2D eigenvalue weighted by Gasteiger charge is 2.20. The molecule has 2 aromatic rings. The number of hydrogen-bond acceptors (Lipinski definition) is 6. The summed E-state index contributed by atoms with van der Waals surface area (Å²) in [5.41, 5.74) is 1.94. The highest BCUT2D eigenvalue weighted by atomic mass is 16.5. The van der Waals surface area contributed by atoms with Crippen LogP contribution in [0.25, 0.3) is 11.5 Å². The van der Waals surface area contributed by atoms with Crippen LogP contribution < -0.4 is 10.6 Å². The Morgan fingerprint density at radius 3 is 2.19 bits per heavy atom. The van der Waals surface area contributed by atoms with Crippen LogP contribution in [0.5, 0.6) is 0 Å². The van der Waals surface area contributed by atoms with Crippen molar-refractivity contribution in [3.63, 3.8) is 0 Å². The summed E-state index contributed by atoms with van der Waals surface area (Å²) >= 11 is 0. The average molecular weight is 355 g/mol. The maximum absolute atomic E-state index is 5.34. The van der Waals surface area contributed by atoms with Gasteiger partial charge in [-0.2, -0.15) is 4.98 Å². The van der Waals surface area contributed by atoms with Crippen LogP contribution in [0, 0.1) is 6.92 Å². The molecule has 2 aliphatic carbocycles. The zero-order valence-corrected chi connectivity index (χ0v) is 15.6. The first kappa shape index (κ1) is 17.3. The number of pyridine rings is 1. The molecule has 140 valence electrons. The largest absolute Gasteiger partial charge is 0.379 e. The Morgan fingerprint density at radius 2 is 1.58 bits per heavy atom. The van der Waals surface area contributed by atoms with Crippen molar-refractivity contribution in [2.75, 3.05) is 10.6 Å². The predicted molar refractivity (Wildman–Crippen MR) is 103 cm³/mol. The van der Waals surface area contributed by atoms with Gasteiger partial charge in [-0.15, -0.1) is 0 Å². The fourth-order valence-electron chi connectivity index (χ4n) is 4.13. The second-order valence-electron chi connectivity index (χ2n) is 7.73. The minimum absolute atomic E-state index is 0.525. The molecule has 2 fully saturated rings. The molecule has 0 amide bonds. The molecule has 26 heavy (non-hydrogen) atoms. The van der Waals surface area contributed by atoms with Gasteiger partial charge in [0.15, 0.2) is 5.82 Å². The smallest absolute Gasteiger partial charge is 0.259 e. The van der Waals surface area contributed by atoms with Gasteiger partial charge in [-0.05, 0) is 38.7 Å². The topological polar surface area (TPSA) is 75.9 Å². The van der Waals surface area contributed by atoms with Gasteiger partial charge in [0.05, 0.1) is 11.3 Å². The molecule has 0 aliphatic heterocycles. The summed E-state index contributed by atoms with van der Waals surface area (Å²) < 4.78 is 5.34. The fourth-order valence-corrected chi connectivity index (χ4v) is 4.13. The second kappa shape index (κ2) is 8.06. The number of aryl methyl sites for hydroxylation is 1. The number of hydrogen-bond donors (Lipinski definition) is 2. The van der Waals surface area contributed by atoms with Crippen LogP contribution in [0.2, 0.25) is 0 Å². The lowest BCUT2D eigenvalue weighted by molar-refractivity contribution is 0.425. The third-order valence-electron chi connectivity index (χ3n) is 5.57. The van der Waals surface area contributed by atoms with Crippen LogP contribution >= 0.6 is 0 Å². The number of nitrogens with one attached hydrogen (secondary N) is 2. The number of anilines is 2. The van der Waals surface area contributed by atoms with E-state index in [9.17, 15) is 0 Å². The quantitative estimate of drug-likeness (QED) is 0.792. The molecule has 4 rings (SSSR count). The summed E-state index contributed by atoms with van der Waals surface area (Å²) in [6, 6.07) is 3.16. The molecular weight excluding hydrogens is 326 g/mol. The Morgan fingerprint density at radius 1 is 0.923 bits per heavy atom. The van der Waals surface area contributed by atoms with E-state index in [4.69, 9.17) is 9.51 Å². The Kier molecular flexibility index (Phi) is 5.37. The van der Waals surface area contributed by atoms with E-state index in [0.717, 1.165) is 17.1 Å². The van der Waals surface area contributed by atoms with Crippen LogP contribution in [0.1, 0.15) is 70.0 Å². The van der Waals surface area contributed by atoms with Gasteiger partial charge in [-0.3, -0.25) is 0 Å². The molecule has 0 spiro atoms. The van der Waals surface area contributed by atoms with Gasteiger partial charge in [-0.1, -0.05) is 43.7 Å². The van der Waals surface area contributed by atoms with Crippen molar-refractivity contribution in [2.45, 2.75) is 83.2 Å². The molecular formula is C20H29N5O. The minimum atomic E-state index is 0.525. The molecule has 6 nitrogen and oxygen atoms in total. The first-order chi connectivity index (χ1) is 12.8. The van der Waals surface area contributed by atoms with E-state index in [0.29, 0.717) is 23.8 Å². The number of aromatic nitrogens is 3. The predicted octanol–water partition coefficient (Wildman–Crippen LogP) is 4.93. The average Bonchev–Trinajstić information content (AvgIpc) is 3.11. The van der Waals surface area contributed by atoms with E-state index in [-0.39, 0.29) is 0 Å². The SMILES string of the molecule is Cc1noc(-c2cnc(NC3CCCCC3)c(NC3CCCCC3)c2)n1. The fraction of sp³-hybridized carbons (Fsp3) is 0.650. The summed E-state index contributed by atoms with van der Waals surface area (Å²) in [6.07, 6.45) is 14.7. The molecule has 0 saturated heterocycles. The van der Waals surface area contributed by atoms with Gasteiger partial charge in [0.2, 0.25) is 0 Å². The maximum Gasteiger partial charge on any atom is 0.259 e. The highest BCUT2D eigenvalue weighted by Crippen LogP contribution is 2.31. The first-order valence-corrected chi connectivity index (χ1v) is 10.1. The van der Waals surface area contributed by atoms with Gasteiger partial charge in [0, 0.05) is 18.3 Å². The third-order valence-corrected chi connectivity index (χ3v) is 5.57. The zero-order chi connectivity index (χ0) is 17.8. The summed E-state index contributed by atoms with van der Waals surface area (Å²) in [5, 5.41) is 11.3. The molecule has 0 radical (unpaired) electrons. The van der Waals surface area contributed by atoms with Crippen LogP contribution in [0.3, 0.4) is 0 Å². The Hall–Kier alpha value is -2.11. The molecule has 0 bridgehead atoms. The van der Waals surface area contributed by atoms with Crippen LogP contribution in [0.4, 0.5) is 11.5 Å². The van der Waals surface area contributed by atoms with E-state index < -0.39 is 0 Å². The molecule has 2 heterocycles. The van der Waals surface area contributed by atoms with Crippen LogP contribution in [0.15, 0.2) is 16.8 Å². The molecule has 2 N–H and O–H groups in total. The molecule has 6 heteroatoms. The van der Waals surface area contributed by atoms with Crippen molar-refractivity contribution in [3.8, 4) is 11.5 Å². The Bertz CT molecular complexity index is 717. The normalized spacial score (nSPS) is 19.4. The van der Waals surface area contributed by atoms with Crippen molar-refractivity contribution < 1.29 is 4.52 Å². The molecule has 2 saturated carbocycles. The lowest BCUT2D eigenvalue weighted by Crippen LogP contribution is -2.26. The molecule has 0 unspecified atom stereocenters. The molecule has 2 aliphatic rings. The number of rotatable bonds is 5. The molecule has 2 aromatic heterocycles. The van der Waals surface area contributed by atoms with Gasteiger partial charge >= 0.3 is 0 Å². The second-order valence-corrected chi connectivity index (χ2v) is 7.73. The Balaban J connectivity index is 1.58. The molecule has 0 atom stereocenters. The van der Waals surface area contributed by atoms with Crippen LogP contribution in [-0.2, 0) is 0 Å². The van der Waals surface area contributed by atoms with Crippen molar-refractivity contribution in [2.24, 2.45) is 0 Å². The van der Waals surface area contributed by atoms with E-state index >= 15 is 0 Å². The van der Waals surface area contributed by atoms with Crippen molar-refractivity contribution in [3.05, 3.63) is 18.1 Å². The van der Waals surface area contributed by atoms with E-state index in [1.807, 2.05) is 13.1 Å². The Labute approximate surface area is 155 Å². The third kappa shape index (κ3) is 4.17. The van der Waals surface area contributed by atoms with Gasteiger partial charge in [-0.25, -0.2) is 4.98 Å². The van der Waals surface area contributed by atoms with Crippen molar-refractivity contribution in [1.82, 2.24) is 15.1 Å². The maximum atomic E-state index is 5.34. The molecule has 0 aromatic carbocycles. The zero-order valence-electron chi connectivity index (χ0n) is 15.6. The lowest BCUT2D eigenvalue weighted by Gasteiger charge is -2.28. The summed E-state index contributed by atoms with van der Waals surface area (Å²) in [4.78, 5) is 9.07. The first-order valence-electron chi connectivity index (χ1n) is 10.1. The summed E-state index contributed by atoms with van der Waals surface area (Å²) in [6.45, 7) is 1.83. The monoisotopic (exact) mass is 355 g/mol. The standard InChI is InChI=1S/C20H29N5O/c1-14-22-20(26-25-14)15-12-18(23-16-8-4-2-5-9-16)19(21-13-15)24-17-10-6-3-7-11-17/h12-13,16-17,23H,2-11H2,1H3,(H,21,24). The van der Waals surface area contributed by atoms with Gasteiger partial charge in [0.1, 0.15) is 5.82 Å².